The Labute approximate surface area is 90.9 Å². The van der Waals surface area contributed by atoms with Gasteiger partial charge in [0.15, 0.2) is 0 Å². The van der Waals surface area contributed by atoms with E-state index in [-0.39, 0.29) is 11.1 Å². The fraction of sp³-hybridized carbons (Fsp3) is 0. The van der Waals surface area contributed by atoms with Gasteiger partial charge in [0.2, 0.25) is 5.28 Å². The van der Waals surface area contributed by atoms with Crippen LogP contribution < -0.4 is 5.32 Å². The second kappa shape index (κ2) is 4.23. The number of aromatic nitrogens is 2. The molecule has 1 aromatic heterocycles. The van der Waals surface area contributed by atoms with E-state index in [1.807, 2.05) is 0 Å². The highest BCUT2D eigenvalue weighted by atomic mass is 35.5. The van der Waals surface area contributed by atoms with Crippen LogP contribution in [-0.2, 0) is 0 Å². The molecule has 0 amide bonds. The van der Waals surface area contributed by atoms with Crippen LogP contribution in [-0.4, -0.2) is 9.97 Å². The molecule has 2 rings (SSSR count). The number of benzene rings is 1. The predicted molar refractivity (Wildman–Crippen MR) is 56.7 cm³/mol. The molecule has 0 aliphatic rings. The van der Waals surface area contributed by atoms with E-state index in [9.17, 15) is 4.39 Å². The lowest BCUT2D eigenvalue weighted by Crippen LogP contribution is -1.94. The summed E-state index contributed by atoms with van der Waals surface area (Å²) in [6, 6.07) is 7.64. The second-order valence-corrected chi connectivity index (χ2v) is 3.18. The molecule has 0 saturated heterocycles. The first-order valence-electron chi connectivity index (χ1n) is 4.25. The summed E-state index contributed by atoms with van der Waals surface area (Å²) in [5.74, 6) is 0.294. The van der Waals surface area contributed by atoms with E-state index in [4.69, 9.17) is 11.6 Å². The van der Waals surface area contributed by atoms with Crippen LogP contribution in [0.3, 0.4) is 0 Å². The first-order valence-corrected chi connectivity index (χ1v) is 4.63. The topological polar surface area (TPSA) is 37.8 Å². The minimum atomic E-state index is -0.277. The summed E-state index contributed by atoms with van der Waals surface area (Å²) in [6.45, 7) is 0. The predicted octanol–water partition coefficient (Wildman–Crippen LogP) is 3.01. The summed E-state index contributed by atoms with van der Waals surface area (Å²) in [6.07, 6.45) is 1.54. The molecule has 2 aromatic rings. The van der Waals surface area contributed by atoms with Crippen LogP contribution >= 0.6 is 11.6 Å². The van der Waals surface area contributed by atoms with Crippen molar-refractivity contribution in [1.29, 1.82) is 0 Å². The van der Waals surface area contributed by atoms with Crippen LogP contribution in [0, 0.1) is 5.82 Å². The highest BCUT2D eigenvalue weighted by Crippen LogP contribution is 2.15. The molecular weight excluding hydrogens is 217 g/mol. The zero-order valence-corrected chi connectivity index (χ0v) is 8.37. The largest absolute Gasteiger partial charge is 0.340 e. The smallest absolute Gasteiger partial charge is 0.224 e. The van der Waals surface area contributed by atoms with Crippen LogP contribution in [0.15, 0.2) is 36.5 Å². The van der Waals surface area contributed by atoms with E-state index in [1.165, 1.54) is 12.1 Å². The van der Waals surface area contributed by atoms with E-state index in [1.54, 1.807) is 24.4 Å². The second-order valence-electron chi connectivity index (χ2n) is 2.84. The van der Waals surface area contributed by atoms with Crippen LogP contribution in [0.25, 0.3) is 0 Å². The number of halogens is 2. The monoisotopic (exact) mass is 223 g/mol. The molecule has 0 aliphatic carbocycles. The molecule has 76 valence electrons. The van der Waals surface area contributed by atoms with E-state index in [0.29, 0.717) is 5.82 Å². The number of nitrogens with zero attached hydrogens (tertiary/aromatic N) is 2. The zero-order valence-electron chi connectivity index (χ0n) is 7.61. The first kappa shape index (κ1) is 9.86. The molecular formula is C10H7ClFN3. The van der Waals surface area contributed by atoms with Gasteiger partial charge in [-0.1, -0.05) is 0 Å². The highest BCUT2D eigenvalue weighted by Gasteiger charge is 1.97. The fourth-order valence-electron chi connectivity index (χ4n) is 1.09. The molecule has 0 atom stereocenters. The molecule has 0 unspecified atom stereocenters. The molecule has 0 fully saturated rings. The van der Waals surface area contributed by atoms with E-state index < -0.39 is 0 Å². The first-order chi connectivity index (χ1) is 7.24. The standard InChI is InChI=1S/C10H7ClFN3/c11-10-13-6-5-9(15-10)14-8-3-1-7(12)2-4-8/h1-6H,(H,13,14,15). The van der Waals surface area contributed by atoms with Gasteiger partial charge in [-0.3, -0.25) is 0 Å². The van der Waals surface area contributed by atoms with Crippen molar-refractivity contribution in [3.05, 3.63) is 47.6 Å². The Balaban J connectivity index is 2.18. The van der Waals surface area contributed by atoms with Gasteiger partial charge in [-0.2, -0.15) is 0 Å². The molecule has 1 N–H and O–H groups in total. The van der Waals surface area contributed by atoms with Crippen molar-refractivity contribution >= 4 is 23.1 Å². The molecule has 1 heterocycles. The minimum absolute atomic E-state index is 0.169. The fourth-order valence-corrected chi connectivity index (χ4v) is 1.23. The van der Waals surface area contributed by atoms with Crippen LogP contribution in [0.2, 0.25) is 5.28 Å². The number of hydrogen-bond acceptors (Lipinski definition) is 3. The van der Waals surface area contributed by atoms with Crippen molar-refractivity contribution in [2.24, 2.45) is 0 Å². The van der Waals surface area contributed by atoms with Crippen molar-refractivity contribution in [3.8, 4) is 0 Å². The lowest BCUT2D eigenvalue weighted by molar-refractivity contribution is 0.628. The Morgan fingerprint density at radius 1 is 1.13 bits per heavy atom. The molecule has 5 heteroatoms. The summed E-state index contributed by atoms with van der Waals surface area (Å²) in [5.41, 5.74) is 0.742. The van der Waals surface area contributed by atoms with Crippen molar-refractivity contribution < 1.29 is 4.39 Å². The van der Waals surface area contributed by atoms with Gasteiger partial charge in [-0.05, 0) is 41.9 Å². The summed E-state index contributed by atoms with van der Waals surface area (Å²) in [4.78, 5) is 7.69. The molecule has 0 spiro atoms. The molecule has 0 bridgehead atoms. The molecule has 3 nitrogen and oxygen atoms in total. The maximum Gasteiger partial charge on any atom is 0.224 e. The normalized spacial score (nSPS) is 10.0. The van der Waals surface area contributed by atoms with Crippen LogP contribution in [0.4, 0.5) is 15.9 Å². The van der Waals surface area contributed by atoms with Crippen molar-refractivity contribution in [2.75, 3.05) is 5.32 Å². The van der Waals surface area contributed by atoms with E-state index >= 15 is 0 Å². The van der Waals surface area contributed by atoms with Gasteiger partial charge < -0.3 is 5.32 Å². The summed E-state index contributed by atoms with van der Waals surface area (Å²) in [5, 5.41) is 3.14. The quantitative estimate of drug-likeness (QED) is 0.796. The van der Waals surface area contributed by atoms with E-state index in [2.05, 4.69) is 15.3 Å². The van der Waals surface area contributed by atoms with Gasteiger partial charge in [-0.25, -0.2) is 14.4 Å². The maximum atomic E-state index is 12.6. The number of hydrogen-bond donors (Lipinski definition) is 1. The Bertz CT molecular complexity index is 458. The molecule has 0 aliphatic heterocycles. The van der Waals surface area contributed by atoms with E-state index in [0.717, 1.165) is 5.69 Å². The maximum absolute atomic E-state index is 12.6. The average molecular weight is 224 g/mol. The van der Waals surface area contributed by atoms with Gasteiger partial charge in [-0.15, -0.1) is 0 Å². The Hall–Kier alpha value is -1.68. The third-order valence-electron chi connectivity index (χ3n) is 1.74. The highest BCUT2D eigenvalue weighted by molar-refractivity contribution is 6.28. The molecule has 0 saturated carbocycles. The lowest BCUT2D eigenvalue weighted by Gasteiger charge is -2.04. The SMILES string of the molecule is Fc1ccc(Nc2ccnc(Cl)n2)cc1. The Morgan fingerprint density at radius 3 is 2.53 bits per heavy atom. The van der Waals surface area contributed by atoms with Crippen LogP contribution in [0.1, 0.15) is 0 Å². The van der Waals surface area contributed by atoms with Gasteiger partial charge in [0.25, 0.3) is 0 Å². The minimum Gasteiger partial charge on any atom is -0.340 e. The number of anilines is 2. The third-order valence-corrected chi connectivity index (χ3v) is 1.92. The van der Waals surface area contributed by atoms with Gasteiger partial charge in [0, 0.05) is 11.9 Å². The Kier molecular flexibility index (Phi) is 2.78. The van der Waals surface area contributed by atoms with Gasteiger partial charge in [0.05, 0.1) is 0 Å². The van der Waals surface area contributed by atoms with Crippen molar-refractivity contribution in [2.45, 2.75) is 0 Å². The van der Waals surface area contributed by atoms with Gasteiger partial charge in [0.1, 0.15) is 11.6 Å². The summed E-state index contributed by atoms with van der Waals surface area (Å²) < 4.78 is 12.6. The third kappa shape index (κ3) is 2.63. The molecule has 15 heavy (non-hydrogen) atoms. The number of rotatable bonds is 2. The average Bonchev–Trinajstić information content (AvgIpc) is 2.22. The Morgan fingerprint density at radius 2 is 1.87 bits per heavy atom. The summed E-state index contributed by atoms with van der Waals surface area (Å²) in [7, 11) is 0. The summed E-state index contributed by atoms with van der Waals surface area (Å²) >= 11 is 5.61. The number of nitrogens with one attached hydrogen (secondary N) is 1. The van der Waals surface area contributed by atoms with Crippen molar-refractivity contribution in [1.82, 2.24) is 9.97 Å². The van der Waals surface area contributed by atoms with Gasteiger partial charge >= 0.3 is 0 Å². The molecule has 0 radical (unpaired) electrons. The van der Waals surface area contributed by atoms with Crippen molar-refractivity contribution in [3.63, 3.8) is 0 Å². The zero-order chi connectivity index (χ0) is 10.7. The van der Waals surface area contributed by atoms with Crippen LogP contribution in [0.5, 0.6) is 0 Å². The molecule has 1 aromatic carbocycles. The lowest BCUT2D eigenvalue weighted by atomic mass is 10.3.